The lowest BCUT2D eigenvalue weighted by Crippen LogP contribution is -2.42. The third kappa shape index (κ3) is 1.91. The maximum absolute atomic E-state index is 13.3. The first-order valence-electron chi connectivity index (χ1n) is 8.01. The molecule has 1 saturated heterocycles. The van der Waals surface area contributed by atoms with Crippen molar-refractivity contribution in [1.82, 2.24) is 0 Å². The van der Waals surface area contributed by atoms with Gasteiger partial charge in [0.25, 0.3) is 0 Å². The summed E-state index contributed by atoms with van der Waals surface area (Å²) < 4.78 is 5.09. The van der Waals surface area contributed by atoms with Gasteiger partial charge in [0.1, 0.15) is 0 Å². The molecule has 0 aliphatic carbocycles. The summed E-state index contributed by atoms with van der Waals surface area (Å²) in [6.07, 6.45) is -0.550. The van der Waals surface area contributed by atoms with Gasteiger partial charge in [0, 0.05) is 12.0 Å². The van der Waals surface area contributed by atoms with Crippen LogP contribution < -0.4 is 5.06 Å². The molecule has 0 saturated carbocycles. The monoisotopic (exact) mass is 323 g/mol. The number of Topliss-reactive ketones (excluding diaryl/α,β-unsaturated/α-hetero) is 1. The Morgan fingerprint density at radius 1 is 1.21 bits per heavy atom. The van der Waals surface area contributed by atoms with Gasteiger partial charge in [-0.15, -0.1) is 0 Å². The fraction of sp³-hybridized carbons (Fsp3) is 0.263. The number of benzene rings is 2. The van der Waals surface area contributed by atoms with Gasteiger partial charge in [0.15, 0.2) is 17.4 Å². The second-order valence-corrected chi connectivity index (χ2v) is 5.92. The molecule has 1 fully saturated rings. The van der Waals surface area contributed by atoms with E-state index in [1.165, 1.54) is 0 Å². The first kappa shape index (κ1) is 14.9. The quantitative estimate of drug-likeness (QED) is 0.813. The van der Waals surface area contributed by atoms with Gasteiger partial charge >= 0.3 is 5.97 Å². The van der Waals surface area contributed by atoms with Crippen LogP contribution in [0.5, 0.6) is 0 Å². The highest BCUT2D eigenvalue weighted by Gasteiger charge is 2.61. The molecular weight excluding hydrogens is 306 g/mol. The minimum atomic E-state index is -1.01. The number of fused-ring (bicyclic) bond motifs is 3. The van der Waals surface area contributed by atoms with Gasteiger partial charge in [-0.2, -0.15) is 0 Å². The number of para-hydroxylation sites is 1. The molecule has 2 atom stereocenters. The highest BCUT2D eigenvalue weighted by Crippen LogP contribution is 2.52. The number of ether oxygens (including phenoxy) is 1. The number of esters is 1. The van der Waals surface area contributed by atoms with Crippen molar-refractivity contribution < 1.29 is 19.2 Å². The molecule has 0 N–H and O–H groups in total. The molecule has 2 heterocycles. The predicted molar refractivity (Wildman–Crippen MR) is 87.5 cm³/mol. The van der Waals surface area contributed by atoms with Gasteiger partial charge in [-0.05, 0) is 24.6 Å². The Balaban J connectivity index is 1.84. The van der Waals surface area contributed by atoms with Crippen LogP contribution in [0.25, 0.3) is 0 Å². The van der Waals surface area contributed by atoms with Crippen LogP contribution in [0.3, 0.4) is 0 Å². The smallest absolute Gasteiger partial charge is 0.338 e. The molecule has 2 aromatic carbocycles. The van der Waals surface area contributed by atoms with E-state index in [4.69, 9.17) is 9.57 Å². The summed E-state index contributed by atoms with van der Waals surface area (Å²) in [4.78, 5) is 31.3. The maximum atomic E-state index is 13.3. The highest BCUT2D eigenvalue weighted by atomic mass is 16.7. The molecule has 0 aromatic heterocycles. The van der Waals surface area contributed by atoms with Gasteiger partial charge in [-0.3, -0.25) is 9.63 Å². The SMILES string of the molecule is CCOC(=O)[C@@H]1C[C@]2(c3ccccc3)C(=O)c3ccccc3N2O1. The van der Waals surface area contributed by atoms with E-state index < -0.39 is 17.6 Å². The number of hydrogen-bond acceptors (Lipinski definition) is 5. The summed E-state index contributed by atoms with van der Waals surface area (Å²) in [6.45, 7) is 2.03. The van der Waals surface area contributed by atoms with Gasteiger partial charge in [-0.25, -0.2) is 9.86 Å². The Kier molecular flexibility index (Phi) is 3.39. The van der Waals surface area contributed by atoms with Crippen LogP contribution in [0.15, 0.2) is 54.6 Å². The average Bonchev–Trinajstić information content (AvgIpc) is 3.13. The first-order chi connectivity index (χ1) is 11.7. The van der Waals surface area contributed by atoms with E-state index in [2.05, 4.69) is 0 Å². The molecular formula is C19H17NO4. The predicted octanol–water partition coefficient (Wildman–Crippen LogP) is 2.85. The molecule has 122 valence electrons. The molecule has 0 radical (unpaired) electrons. The third-order valence-electron chi connectivity index (χ3n) is 4.60. The third-order valence-corrected chi connectivity index (χ3v) is 4.60. The summed E-state index contributed by atoms with van der Waals surface area (Å²) in [5, 5.41) is 1.60. The van der Waals surface area contributed by atoms with Crippen molar-refractivity contribution in [2.24, 2.45) is 0 Å². The molecule has 5 heteroatoms. The number of ketones is 1. The zero-order valence-corrected chi connectivity index (χ0v) is 13.3. The van der Waals surface area contributed by atoms with Gasteiger partial charge in [0.05, 0.1) is 12.3 Å². The second kappa shape index (κ2) is 5.46. The van der Waals surface area contributed by atoms with Gasteiger partial charge in [-0.1, -0.05) is 42.5 Å². The van der Waals surface area contributed by atoms with Crippen LogP contribution in [-0.4, -0.2) is 24.5 Å². The average molecular weight is 323 g/mol. The van der Waals surface area contributed by atoms with Crippen molar-refractivity contribution in [1.29, 1.82) is 0 Å². The number of hydrogen-bond donors (Lipinski definition) is 0. The molecule has 0 bridgehead atoms. The van der Waals surface area contributed by atoms with E-state index in [0.717, 1.165) is 5.56 Å². The minimum absolute atomic E-state index is 0.0453. The normalized spacial score (nSPS) is 24.6. The molecule has 0 unspecified atom stereocenters. The van der Waals surface area contributed by atoms with Gasteiger partial charge < -0.3 is 4.74 Å². The Hall–Kier alpha value is -2.66. The lowest BCUT2D eigenvalue weighted by atomic mass is 9.82. The van der Waals surface area contributed by atoms with E-state index in [1.54, 1.807) is 18.1 Å². The fourth-order valence-electron chi connectivity index (χ4n) is 3.56. The molecule has 5 nitrogen and oxygen atoms in total. The van der Waals surface area contributed by atoms with Crippen molar-refractivity contribution in [3.63, 3.8) is 0 Å². The molecule has 4 rings (SSSR count). The number of anilines is 1. The van der Waals surface area contributed by atoms with Crippen molar-refractivity contribution in [2.45, 2.75) is 25.0 Å². The topological polar surface area (TPSA) is 55.8 Å². The summed E-state index contributed by atoms with van der Waals surface area (Å²) >= 11 is 0. The highest BCUT2D eigenvalue weighted by molar-refractivity contribution is 6.14. The van der Waals surface area contributed by atoms with E-state index in [9.17, 15) is 9.59 Å². The van der Waals surface area contributed by atoms with Crippen molar-refractivity contribution in [3.8, 4) is 0 Å². The van der Waals surface area contributed by atoms with Crippen LogP contribution in [0.2, 0.25) is 0 Å². The standard InChI is InChI=1S/C19H17NO4/c1-2-23-18(22)16-12-19(13-8-4-3-5-9-13)17(21)14-10-6-7-11-15(14)20(19)24-16/h3-11,16H,2,12H2,1H3/t16-,19-/m0/s1. The molecule has 2 aliphatic heterocycles. The summed E-state index contributed by atoms with van der Waals surface area (Å²) in [5.41, 5.74) is 1.11. The summed E-state index contributed by atoms with van der Waals surface area (Å²) in [6, 6.07) is 16.8. The summed E-state index contributed by atoms with van der Waals surface area (Å²) in [5.74, 6) is -0.483. The van der Waals surface area contributed by atoms with Crippen LogP contribution in [-0.2, 0) is 19.9 Å². The van der Waals surface area contributed by atoms with E-state index in [-0.39, 0.29) is 18.8 Å². The molecule has 0 spiro atoms. The van der Waals surface area contributed by atoms with E-state index in [0.29, 0.717) is 11.3 Å². The van der Waals surface area contributed by atoms with Crippen LogP contribution >= 0.6 is 0 Å². The second-order valence-electron chi connectivity index (χ2n) is 5.92. The molecule has 2 aliphatic rings. The Bertz CT molecular complexity index is 804. The number of rotatable bonds is 3. The lowest BCUT2D eigenvalue weighted by Gasteiger charge is -2.29. The van der Waals surface area contributed by atoms with Crippen molar-refractivity contribution in [2.75, 3.05) is 11.7 Å². The largest absolute Gasteiger partial charge is 0.464 e. The van der Waals surface area contributed by atoms with E-state index >= 15 is 0 Å². The Labute approximate surface area is 139 Å². The first-order valence-corrected chi connectivity index (χ1v) is 8.01. The van der Waals surface area contributed by atoms with E-state index in [1.807, 2.05) is 48.5 Å². The fourth-order valence-corrected chi connectivity index (χ4v) is 3.56. The zero-order valence-electron chi connectivity index (χ0n) is 13.3. The molecule has 2 aromatic rings. The number of hydroxylamine groups is 1. The van der Waals surface area contributed by atoms with Crippen LogP contribution in [0, 0.1) is 0 Å². The molecule has 24 heavy (non-hydrogen) atoms. The maximum Gasteiger partial charge on any atom is 0.338 e. The zero-order chi connectivity index (χ0) is 16.7. The van der Waals surface area contributed by atoms with Crippen molar-refractivity contribution >= 4 is 17.4 Å². The Morgan fingerprint density at radius 2 is 1.92 bits per heavy atom. The Morgan fingerprint density at radius 3 is 2.67 bits per heavy atom. The number of carbonyl (C=O) groups is 2. The van der Waals surface area contributed by atoms with Crippen LogP contribution in [0.4, 0.5) is 5.69 Å². The lowest BCUT2D eigenvalue weighted by molar-refractivity contribution is -0.154. The minimum Gasteiger partial charge on any atom is -0.464 e. The van der Waals surface area contributed by atoms with Crippen molar-refractivity contribution in [3.05, 3.63) is 65.7 Å². The molecule has 0 amide bonds. The summed E-state index contributed by atoms with van der Waals surface area (Å²) in [7, 11) is 0. The van der Waals surface area contributed by atoms with Gasteiger partial charge in [0.2, 0.25) is 0 Å². The van der Waals surface area contributed by atoms with Crippen LogP contribution in [0.1, 0.15) is 29.3 Å². The number of carbonyl (C=O) groups excluding carboxylic acids is 2. The number of nitrogens with zero attached hydrogens (tertiary/aromatic N) is 1.